The quantitative estimate of drug-likeness (QED) is 0.0370. The van der Waals surface area contributed by atoms with E-state index in [1.165, 1.54) is 45.9 Å². The molecule has 36 heteroatoms. The van der Waals surface area contributed by atoms with Gasteiger partial charge in [-0.15, -0.1) is 0 Å². The van der Waals surface area contributed by atoms with Gasteiger partial charge in [-0.1, -0.05) is 67.5 Å². The number of aromatic nitrogens is 3. The van der Waals surface area contributed by atoms with Crippen LogP contribution < -0.4 is 0 Å². The molecule has 532 valence electrons. The predicted octanol–water partition coefficient (Wildman–Crippen LogP) is 17.6. The first-order valence-corrected chi connectivity index (χ1v) is 27.3. The fraction of sp³-hybridized carbons (Fsp3) is 0.714. The van der Waals surface area contributed by atoms with Crippen LogP contribution in [0, 0.1) is 22.7 Å². The van der Waals surface area contributed by atoms with Crippen LogP contribution in [0.2, 0.25) is 0 Å². The molecule has 2 unspecified atom stereocenters. The Hall–Kier alpha value is -6.16. The molecule has 2 atom stereocenters. The molecule has 0 bridgehead atoms. The number of aromatic hydroxyl groups is 1. The number of halogens is 24. The molecule has 3 aromatic rings. The van der Waals surface area contributed by atoms with Crippen LogP contribution in [0.4, 0.5) is 106 Å². The first kappa shape index (κ1) is 85.8. The average molecular weight is 1390 g/mol. The number of carbonyl (C=O) groups is 4. The number of H-pyrrole nitrogens is 1. The van der Waals surface area contributed by atoms with Crippen LogP contribution in [-0.4, -0.2) is 131 Å². The van der Waals surface area contributed by atoms with Crippen molar-refractivity contribution >= 4 is 34.9 Å². The van der Waals surface area contributed by atoms with Gasteiger partial charge in [0.05, 0.1) is 42.8 Å². The molecule has 1 aromatic heterocycles. The highest BCUT2D eigenvalue weighted by Gasteiger charge is 2.85. The molecule has 0 radical (unpaired) electrons. The lowest BCUT2D eigenvalue weighted by molar-refractivity contribution is -0.392. The van der Waals surface area contributed by atoms with Crippen molar-refractivity contribution in [3.63, 3.8) is 0 Å². The van der Waals surface area contributed by atoms with Crippen LogP contribution in [0.5, 0.6) is 5.75 Å². The summed E-state index contributed by atoms with van der Waals surface area (Å²) in [6.45, 7) is 15.6. The Kier molecular flexibility index (Phi) is 30.6. The standard InChI is InChI=1S/C33H46F10O5.C23H25F10N3O4.2F2/c1-10-29(8,9)26(46)48-16-14-20(30(36,37)32(40,41)33(42,43)31(38,39)25(34)35)13-15-47-23(44)12-11-19-17-21(27(2,3)4)24(45)22(18-19)28(5,6)7;1-4-19(2,3)18(38)40-10-8-13(20(26,27)22(30,31)23(32,33)21(28,29)17(24)25)7-9-39-16(37)12-5-6-14-15(11-12)35-36-34-14;2*1-2/h17-18,20,25,45H,10-16H2,1-9H3;5-6,11,13,17H,4,7-10H2,1-3H3,(H,34,35,36);;. The summed E-state index contributed by atoms with van der Waals surface area (Å²) in [5.74, 6) is -64.2. The molecule has 0 spiro atoms. The number of nitrogens with zero attached hydrogens (tertiary/aromatic N) is 2. The second-order valence-electron chi connectivity index (χ2n) is 24.1. The van der Waals surface area contributed by atoms with Gasteiger partial charge in [-0.25, -0.2) is 22.4 Å². The van der Waals surface area contributed by atoms with Crippen molar-refractivity contribution in [3.8, 4) is 5.75 Å². The number of esters is 4. The van der Waals surface area contributed by atoms with Crippen molar-refractivity contribution in [3.05, 3.63) is 52.6 Å². The van der Waals surface area contributed by atoms with E-state index < -0.39 is 170 Å². The number of hydrogen-bond donors (Lipinski definition) is 2. The number of aryl methyl sites for hydroxylation is 1. The van der Waals surface area contributed by atoms with Gasteiger partial charge in [0, 0.05) is 36.6 Å². The highest BCUT2D eigenvalue weighted by Crippen LogP contribution is 2.59. The maximum absolute atomic E-state index is 15.1. The number of rotatable bonds is 30. The summed E-state index contributed by atoms with van der Waals surface area (Å²) < 4.78 is 328. The van der Waals surface area contributed by atoms with Crippen LogP contribution in [-0.2, 0) is 50.6 Å². The van der Waals surface area contributed by atoms with E-state index in [1.54, 1.807) is 26.0 Å². The molecule has 0 aliphatic carbocycles. The summed E-state index contributed by atoms with van der Waals surface area (Å²) in [5, 5.41) is 20.5. The van der Waals surface area contributed by atoms with E-state index in [1.807, 2.05) is 41.5 Å². The van der Waals surface area contributed by atoms with Crippen LogP contribution in [0.1, 0.15) is 155 Å². The Morgan fingerprint density at radius 1 is 0.478 bits per heavy atom. The van der Waals surface area contributed by atoms with Gasteiger partial charge in [0.1, 0.15) is 16.8 Å². The highest BCUT2D eigenvalue weighted by atomic mass is 20.0. The van der Waals surface area contributed by atoms with Gasteiger partial charge in [-0.3, -0.25) is 14.4 Å². The largest absolute Gasteiger partial charge is 0.507 e. The van der Waals surface area contributed by atoms with Crippen molar-refractivity contribution in [1.82, 2.24) is 15.4 Å². The van der Waals surface area contributed by atoms with Gasteiger partial charge in [0.2, 0.25) is 0 Å². The van der Waals surface area contributed by atoms with Crippen LogP contribution in [0.3, 0.4) is 0 Å². The molecule has 0 saturated heterocycles. The van der Waals surface area contributed by atoms with Gasteiger partial charge < -0.3 is 24.1 Å². The average Bonchev–Trinajstić information content (AvgIpc) is 0.806. The zero-order valence-corrected chi connectivity index (χ0v) is 51.4. The summed E-state index contributed by atoms with van der Waals surface area (Å²) in [5.41, 5.74) is -1.19. The van der Waals surface area contributed by atoms with Crippen LogP contribution in [0.25, 0.3) is 11.0 Å². The molecular weight excluding hydrogens is 1310 g/mol. The second-order valence-corrected chi connectivity index (χ2v) is 24.1. The number of fused-ring (bicyclic) bond motifs is 1. The lowest BCUT2D eigenvalue weighted by Gasteiger charge is -2.39. The minimum atomic E-state index is -7.20. The van der Waals surface area contributed by atoms with Gasteiger partial charge in [0.15, 0.2) is 0 Å². The third kappa shape index (κ3) is 19.9. The van der Waals surface area contributed by atoms with E-state index in [0.29, 0.717) is 22.2 Å². The van der Waals surface area contributed by atoms with Crippen molar-refractivity contribution in [2.45, 2.75) is 206 Å². The van der Waals surface area contributed by atoms with E-state index in [-0.39, 0.29) is 42.5 Å². The van der Waals surface area contributed by atoms with E-state index >= 15 is 8.78 Å². The summed E-state index contributed by atoms with van der Waals surface area (Å²) >= 11 is 0. The molecule has 0 aliphatic rings. The molecule has 1 heterocycles. The van der Waals surface area contributed by atoms with Crippen molar-refractivity contribution in [2.24, 2.45) is 22.7 Å². The number of ether oxygens (including phenoxy) is 4. The van der Waals surface area contributed by atoms with Gasteiger partial charge in [0.25, 0.3) is 0 Å². The summed E-state index contributed by atoms with van der Waals surface area (Å²) in [6.07, 6.45) is -16.0. The number of nitrogens with one attached hydrogen (secondary N) is 1. The Balaban J connectivity index is 0.00000173. The predicted molar refractivity (Wildman–Crippen MR) is 280 cm³/mol. The number of carbonyl (C=O) groups excluding carboxylic acids is 4. The number of hydrogen-bond acceptors (Lipinski definition) is 11. The van der Waals surface area contributed by atoms with Gasteiger partial charge in [-0.05, 0) is 118 Å². The van der Waals surface area contributed by atoms with Gasteiger partial charge in [-0.2, -0.15) is 85.7 Å². The second kappa shape index (κ2) is 32.8. The minimum absolute atomic E-state index is 0.0288. The van der Waals surface area contributed by atoms with Crippen molar-refractivity contribution in [1.29, 1.82) is 0 Å². The van der Waals surface area contributed by atoms with Crippen molar-refractivity contribution in [2.75, 3.05) is 26.4 Å². The minimum Gasteiger partial charge on any atom is -0.507 e. The van der Waals surface area contributed by atoms with E-state index in [9.17, 15) is 103 Å². The molecule has 92 heavy (non-hydrogen) atoms. The monoisotopic (exact) mass is 1390 g/mol. The summed E-state index contributed by atoms with van der Waals surface area (Å²) in [4.78, 5) is 49.1. The van der Waals surface area contributed by atoms with Crippen LogP contribution in [0.15, 0.2) is 30.3 Å². The lowest BCUT2D eigenvalue weighted by Crippen LogP contribution is -2.66. The lowest BCUT2D eigenvalue weighted by atomic mass is 9.78. The van der Waals surface area contributed by atoms with E-state index in [2.05, 4.69) is 15.4 Å². The first-order chi connectivity index (χ1) is 41.6. The first-order valence-electron chi connectivity index (χ1n) is 27.3. The molecule has 0 amide bonds. The highest BCUT2D eigenvalue weighted by molar-refractivity contribution is 5.93. The van der Waals surface area contributed by atoms with Crippen molar-refractivity contribution < 1.29 is 149 Å². The zero-order valence-electron chi connectivity index (χ0n) is 51.4. The third-order valence-electron chi connectivity index (χ3n) is 14.7. The number of benzene rings is 2. The fourth-order valence-electron chi connectivity index (χ4n) is 7.87. The molecule has 3 rings (SSSR count). The molecule has 0 saturated carbocycles. The molecule has 0 aliphatic heterocycles. The normalized spacial score (nSPS) is 14.1. The van der Waals surface area contributed by atoms with E-state index in [4.69, 9.17) is 37.2 Å². The molecule has 12 nitrogen and oxygen atoms in total. The number of phenols is 1. The smallest absolute Gasteiger partial charge is 0.384 e. The number of aromatic amines is 1. The molecule has 2 aromatic carbocycles. The van der Waals surface area contributed by atoms with Crippen LogP contribution >= 0.6 is 0 Å². The molecule has 2 N–H and O–H groups in total. The molecular formula is C56H71F24N3O9. The Labute approximate surface area is 511 Å². The third-order valence-corrected chi connectivity index (χ3v) is 14.7. The SMILES string of the molecule is CCC(C)(C)C(=O)OCCC(CCOC(=O)CCc1cc(C(C)(C)C)c(O)c(C(C)(C)C)c1)C(F)(F)C(F)(F)C(F)(F)C(F)(F)C(F)F.CCC(C)(C)C(=O)OCCC(CCOC(=O)c1ccc2n[nH]nc2c1)C(F)(F)C(F)(F)C(F)(F)C(F)(F)C(F)F.FF.FF. The summed E-state index contributed by atoms with van der Waals surface area (Å²) in [7, 11) is 0. The Morgan fingerprint density at radius 3 is 1.14 bits per heavy atom. The number of alkyl halides is 20. The zero-order chi connectivity index (χ0) is 72.6. The fourth-order valence-corrected chi connectivity index (χ4v) is 7.87. The van der Waals surface area contributed by atoms with E-state index in [0.717, 1.165) is 0 Å². The summed E-state index contributed by atoms with van der Waals surface area (Å²) in [6, 6.07) is 7.03. The topological polar surface area (TPSA) is 167 Å². The Morgan fingerprint density at radius 2 is 0.804 bits per heavy atom. The molecule has 0 fully saturated rings. The van der Waals surface area contributed by atoms with Gasteiger partial charge >= 0.3 is 84.1 Å². The Bertz CT molecular complexity index is 2800. The number of phenolic OH excluding ortho intramolecular Hbond substituents is 1. The maximum Gasteiger partial charge on any atom is 0.384 e. The maximum atomic E-state index is 15.1.